The predicted octanol–water partition coefficient (Wildman–Crippen LogP) is 12.3. The molecule has 0 fully saturated rings. The molecule has 0 atom stereocenters. The number of fused-ring (bicyclic) bond motifs is 5. The maximum atomic E-state index is 5.38. The SMILES string of the molecule is c1cnc2ccc(-c3ccc(-c4nc(-c5c6ccccc6cc6ccccc56)cc(-c5c6ccccc6cc6ccccc56)n4)cc3)cc2c1. The van der Waals surface area contributed by atoms with E-state index in [1.165, 1.54) is 43.1 Å². The van der Waals surface area contributed by atoms with Gasteiger partial charge in [-0.2, -0.15) is 0 Å². The van der Waals surface area contributed by atoms with Gasteiger partial charge in [0.2, 0.25) is 0 Å². The minimum atomic E-state index is 0.695. The zero-order valence-electron chi connectivity index (χ0n) is 27.1. The van der Waals surface area contributed by atoms with Crippen LogP contribution in [0.1, 0.15) is 0 Å². The summed E-state index contributed by atoms with van der Waals surface area (Å²) in [5.41, 5.74) is 8.29. The molecule has 0 saturated heterocycles. The molecular weight excluding hydrogens is 607 g/mol. The fourth-order valence-electron chi connectivity index (χ4n) is 7.48. The highest BCUT2D eigenvalue weighted by Crippen LogP contribution is 2.41. The van der Waals surface area contributed by atoms with E-state index in [-0.39, 0.29) is 0 Å². The highest BCUT2D eigenvalue weighted by Gasteiger charge is 2.18. The third-order valence-electron chi connectivity index (χ3n) is 9.86. The van der Waals surface area contributed by atoms with Crippen LogP contribution in [0.2, 0.25) is 0 Å². The zero-order chi connectivity index (χ0) is 33.0. The minimum Gasteiger partial charge on any atom is -0.256 e. The molecule has 0 bridgehead atoms. The van der Waals surface area contributed by atoms with Crippen molar-refractivity contribution in [2.75, 3.05) is 0 Å². The van der Waals surface area contributed by atoms with Gasteiger partial charge in [0, 0.05) is 28.3 Å². The topological polar surface area (TPSA) is 38.7 Å². The Morgan fingerprint density at radius 3 is 1.28 bits per heavy atom. The van der Waals surface area contributed by atoms with Crippen LogP contribution in [0.3, 0.4) is 0 Å². The quantitative estimate of drug-likeness (QED) is 0.181. The lowest BCUT2D eigenvalue weighted by atomic mass is 9.92. The van der Waals surface area contributed by atoms with Gasteiger partial charge < -0.3 is 0 Å². The lowest BCUT2D eigenvalue weighted by molar-refractivity contribution is 1.19. The van der Waals surface area contributed by atoms with Crippen molar-refractivity contribution in [3.63, 3.8) is 0 Å². The van der Waals surface area contributed by atoms with Gasteiger partial charge in [0.1, 0.15) is 0 Å². The van der Waals surface area contributed by atoms with E-state index in [1.54, 1.807) is 0 Å². The van der Waals surface area contributed by atoms with Crippen LogP contribution in [0.15, 0.2) is 176 Å². The fraction of sp³-hybridized carbons (Fsp3) is 0. The Morgan fingerprint density at radius 1 is 0.320 bits per heavy atom. The number of nitrogens with zero attached hydrogens (tertiary/aromatic N) is 3. The largest absolute Gasteiger partial charge is 0.256 e. The second-order valence-electron chi connectivity index (χ2n) is 12.8. The van der Waals surface area contributed by atoms with E-state index in [4.69, 9.17) is 9.97 Å². The molecule has 3 nitrogen and oxygen atoms in total. The first-order valence-corrected chi connectivity index (χ1v) is 16.9. The molecule has 0 radical (unpaired) electrons. The van der Waals surface area contributed by atoms with Crippen molar-refractivity contribution in [1.82, 2.24) is 15.0 Å². The normalized spacial score (nSPS) is 11.6. The summed E-state index contributed by atoms with van der Waals surface area (Å²) in [7, 11) is 0. The van der Waals surface area contributed by atoms with E-state index >= 15 is 0 Å². The van der Waals surface area contributed by atoms with Crippen LogP contribution in [-0.4, -0.2) is 15.0 Å². The first kappa shape index (κ1) is 28.3. The van der Waals surface area contributed by atoms with Gasteiger partial charge in [-0.3, -0.25) is 4.98 Å². The summed E-state index contributed by atoms with van der Waals surface area (Å²) >= 11 is 0. The molecule has 232 valence electrons. The van der Waals surface area contributed by atoms with Crippen molar-refractivity contribution in [3.8, 4) is 45.0 Å². The number of aromatic nitrogens is 3. The molecule has 0 saturated carbocycles. The standard InChI is InChI=1S/C47H29N3/c1-5-15-38-33(10-1)27-34-11-2-6-16-39(34)45(38)43-29-44(46-40-17-7-3-12-35(40)28-36-13-4-8-18-41(36)46)50-47(49-43)31-21-19-30(20-22-31)32-23-24-42-37(26-32)14-9-25-48-42/h1-29H. The number of hydrogen-bond acceptors (Lipinski definition) is 3. The number of pyridine rings is 1. The van der Waals surface area contributed by atoms with Crippen LogP contribution in [0.25, 0.3) is 99.0 Å². The molecule has 2 aromatic heterocycles. The highest BCUT2D eigenvalue weighted by molar-refractivity contribution is 6.14. The Labute approximate surface area is 289 Å². The summed E-state index contributed by atoms with van der Waals surface area (Å²) in [5.74, 6) is 0.695. The summed E-state index contributed by atoms with van der Waals surface area (Å²) in [5, 5.41) is 10.6. The lowest BCUT2D eigenvalue weighted by Crippen LogP contribution is -1.98. The summed E-state index contributed by atoms with van der Waals surface area (Å²) in [6, 6.07) is 60.3. The molecule has 50 heavy (non-hydrogen) atoms. The van der Waals surface area contributed by atoms with Crippen molar-refractivity contribution in [2.24, 2.45) is 0 Å². The molecule has 0 aliphatic heterocycles. The maximum absolute atomic E-state index is 5.38. The van der Waals surface area contributed by atoms with E-state index < -0.39 is 0 Å². The molecule has 0 unspecified atom stereocenters. The monoisotopic (exact) mass is 635 g/mol. The average molecular weight is 636 g/mol. The Hall–Kier alpha value is -6.71. The van der Waals surface area contributed by atoms with Crippen molar-refractivity contribution >= 4 is 54.0 Å². The molecule has 10 rings (SSSR count). The molecule has 0 N–H and O–H groups in total. The molecule has 8 aromatic carbocycles. The van der Waals surface area contributed by atoms with Crippen molar-refractivity contribution < 1.29 is 0 Å². The van der Waals surface area contributed by atoms with Crippen molar-refractivity contribution in [3.05, 3.63) is 176 Å². The smallest absolute Gasteiger partial charge is 0.160 e. The number of rotatable bonds is 4. The van der Waals surface area contributed by atoms with E-state index in [1.807, 2.05) is 12.3 Å². The van der Waals surface area contributed by atoms with E-state index in [9.17, 15) is 0 Å². The average Bonchev–Trinajstić information content (AvgIpc) is 3.18. The fourth-order valence-corrected chi connectivity index (χ4v) is 7.48. The van der Waals surface area contributed by atoms with Crippen LogP contribution < -0.4 is 0 Å². The molecule has 0 spiro atoms. The van der Waals surface area contributed by atoms with Gasteiger partial charge in [0.05, 0.1) is 16.9 Å². The number of hydrogen-bond donors (Lipinski definition) is 0. The second kappa shape index (κ2) is 11.5. The predicted molar refractivity (Wildman–Crippen MR) is 209 cm³/mol. The van der Waals surface area contributed by atoms with Gasteiger partial charge in [0.15, 0.2) is 5.82 Å². The van der Waals surface area contributed by atoms with Gasteiger partial charge in [-0.05, 0) is 90.6 Å². The molecule has 10 aromatic rings. The van der Waals surface area contributed by atoms with Crippen LogP contribution in [-0.2, 0) is 0 Å². The van der Waals surface area contributed by atoms with Gasteiger partial charge in [-0.25, -0.2) is 9.97 Å². The minimum absolute atomic E-state index is 0.695. The number of benzene rings is 8. The Morgan fingerprint density at radius 2 is 0.760 bits per heavy atom. The summed E-state index contributed by atoms with van der Waals surface area (Å²) < 4.78 is 0. The van der Waals surface area contributed by atoms with Gasteiger partial charge in [-0.15, -0.1) is 0 Å². The third kappa shape index (κ3) is 4.71. The van der Waals surface area contributed by atoms with Crippen molar-refractivity contribution in [1.29, 1.82) is 0 Å². The van der Waals surface area contributed by atoms with Crippen LogP contribution in [0.4, 0.5) is 0 Å². The summed E-state index contributed by atoms with van der Waals surface area (Å²) in [6.07, 6.45) is 1.83. The van der Waals surface area contributed by atoms with E-state index in [0.29, 0.717) is 5.82 Å². The van der Waals surface area contributed by atoms with E-state index in [0.717, 1.165) is 50.1 Å². The van der Waals surface area contributed by atoms with E-state index in [2.05, 4.69) is 169 Å². The second-order valence-corrected chi connectivity index (χ2v) is 12.8. The van der Waals surface area contributed by atoms with Crippen LogP contribution in [0, 0.1) is 0 Å². The van der Waals surface area contributed by atoms with Gasteiger partial charge >= 0.3 is 0 Å². The third-order valence-corrected chi connectivity index (χ3v) is 9.86. The Balaban J connectivity index is 1.24. The zero-order valence-corrected chi connectivity index (χ0v) is 27.1. The molecule has 0 amide bonds. The summed E-state index contributed by atoms with van der Waals surface area (Å²) in [4.78, 5) is 15.3. The Bertz CT molecular complexity index is 2680. The molecule has 3 heteroatoms. The first-order valence-electron chi connectivity index (χ1n) is 16.9. The maximum Gasteiger partial charge on any atom is 0.160 e. The van der Waals surface area contributed by atoms with Gasteiger partial charge in [0.25, 0.3) is 0 Å². The van der Waals surface area contributed by atoms with Gasteiger partial charge in [-0.1, -0.05) is 133 Å². The molecule has 0 aliphatic rings. The lowest BCUT2D eigenvalue weighted by Gasteiger charge is -2.16. The highest BCUT2D eigenvalue weighted by atomic mass is 14.9. The molecule has 0 aliphatic carbocycles. The summed E-state index contributed by atoms with van der Waals surface area (Å²) in [6.45, 7) is 0. The molecule has 2 heterocycles. The van der Waals surface area contributed by atoms with Crippen LogP contribution in [0.5, 0.6) is 0 Å². The van der Waals surface area contributed by atoms with Crippen molar-refractivity contribution in [2.45, 2.75) is 0 Å². The first-order chi connectivity index (χ1) is 24.8. The van der Waals surface area contributed by atoms with Crippen LogP contribution >= 0.6 is 0 Å². The molecular formula is C47H29N3. The Kier molecular flexibility index (Phi) is 6.49.